The number of rotatable bonds is 4. The van der Waals surface area contributed by atoms with E-state index >= 15 is 0 Å². The van der Waals surface area contributed by atoms with Gasteiger partial charge in [0.1, 0.15) is 4.88 Å². The van der Waals surface area contributed by atoms with Crippen molar-refractivity contribution in [2.45, 2.75) is 6.92 Å². The minimum absolute atomic E-state index is 0.0162. The Morgan fingerprint density at radius 3 is 2.05 bits per heavy atom. The number of aromatic amines is 1. The Balaban J connectivity index is 2.38. The Morgan fingerprint density at radius 2 is 1.64 bits per heavy atom. The summed E-state index contributed by atoms with van der Waals surface area (Å²) in [6.07, 6.45) is 0. The van der Waals surface area contributed by atoms with E-state index in [0.29, 0.717) is 17.0 Å². The van der Waals surface area contributed by atoms with Crippen LogP contribution in [0, 0.1) is 6.92 Å². The van der Waals surface area contributed by atoms with Crippen molar-refractivity contribution in [1.29, 1.82) is 0 Å². The zero-order chi connectivity index (χ0) is 16.4. The van der Waals surface area contributed by atoms with Gasteiger partial charge < -0.3 is 20.5 Å². The molecule has 0 saturated carbocycles. The number of hydrogen-bond donors (Lipinski definition) is 4. The van der Waals surface area contributed by atoms with E-state index in [2.05, 4.69) is 10.3 Å². The molecule has 1 amide bonds. The first-order valence-electron chi connectivity index (χ1n) is 5.90. The maximum absolute atomic E-state index is 12.1. The average Bonchev–Trinajstić information content (AvgIpc) is 2.77. The fraction of sp³-hybridized carbons (Fsp3) is 0.0769. The van der Waals surface area contributed by atoms with Gasteiger partial charge >= 0.3 is 16.8 Å². The summed E-state index contributed by atoms with van der Waals surface area (Å²) in [4.78, 5) is 47.4. The third-order valence-electron chi connectivity index (χ3n) is 2.72. The van der Waals surface area contributed by atoms with E-state index in [9.17, 15) is 19.2 Å². The van der Waals surface area contributed by atoms with Gasteiger partial charge in [-0.3, -0.25) is 9.59 Å². The van der Waals surface area contributed by atoms with Gasteiger partial charge in [-0.2, -0.15) is 0 Å². The minimum atomic E-state index is -1.32. The maximum Gasteiger partial charge on any atom is 0.335 e. The molecule has 0 aliphatic carbocycles. The molecular weight excluding hydrogens is 312 g/mol. The number of carbonyl (C=O) groups excluding carboxylic acids is 1. The molecule has 0 aliphatic heterocycles. The summed E-state index contributed by atoms with van der Waals surface area (Å²) >= 11 is 0.707. The molecule has 114 valence electrons. The molecule has 9 heteroatoms. The topological polar surface area (TPSA) is 137 Å². The second kappa shape index (κ2) is 5.82. The number of aromatic carboxylic acids is 2. The lowest BCUT2D eigenvalue weighted by molar-refractivity contribution is 0.0696. The van der Waals surface area contributed by atoms with Crippen LogP contribution in [-0.2, 0) is 0 Å². The van der Waals surface area contributed by atoms with Gasteiger partial charge in [-0.1, -0.05) is 11.3 Å². The van der Waals surface area contributed by atoms with Crippen LogP contribution in [0.1, 0.15) is 36.1 Å². The molecule has 0 aliphatic rings. The van der Waals surface area contributed by atoms with Crippen molar-refractivity contribution in [3.05, 3.63) is 49.6 Å². The van der Waals surface area contributed by atoms with Crippen molar-refractivity contribution >= 4 is 34.9 Å². The van der Waals surface area contributed by atoms with E-state index < -0.39 is 22.7 Å². The number of aryl methyl sites for hydroxylation is 1. The summed E-state index contributed by atoms with van der Waals surface area (Å²) < 4.78 is 0. The van der Waals surface area contributed by atoms with Crippen molar-refractivity contribution in [3.63, 3.8) is 0 Å². The normalized spacial score (nSPS) is 10.2. The number of hydrogen-bond acceptors (Lipinski definition) is 5. The summed E-state index contributed by atoms with van der Waals surface area (Å²) in [5.41, 5.74) is -0.147. The van der Waals surface area contributed by atoms with Crippen LogP contribution in [0.2, 0.25) is 0 Å². The monoisotopic (exact) mass is 322 g/mol. The number of carboxylic acid groups (broad SMARTS) is 2. The molecule has 0 radical (unpaired) electrons. The number of amides is 1. The Bertz CT molecular complexity index is 803. The van der Waals surface area contributed by atoms with Gasteiger partial charge in [-0.25, -0.2) is 9.59 Å². The second-order valence-corrected chi connectivity index (χ2v) is 5.32. The number of nitrogens with one attached hydrogen (secondary N) is 2. The van der Waals surface area contributed by atoms with E-state index in [4.69, 9.17) is 10.2 Å². The molecular formula is C13H10N2O6S. The van der Waals surface area contributed by atoms with E-state index in [1.165, 1.54) is 0 Å². The summed E-state index contributed by atoms with van der Waals surface area (Å²) in [6, 6.07) is 3.26. The first-order valence-corrected chi connectivity index (χ1v) is 6.72. The Morgan fingerprint density at radius 1 is 1.09 bits per heavy atom. The predicted molar refractivity (Wildman–Crippen MR) is 78.0 cm³/mol. The standard InChI is InChI=1S/C13H10N2O6S/c1-5-9(22-13(21)14-5)10(16)15-8-3-6(11(17)18)2-7(4-8)12(19)20/h2-4H,1H3,(H,14,21)(H,15,16)(H,17,18)(H,19,20). The van der Waals surface area contributed by atoms with Gasteiger partial charge in [0.15, 0.2) is 0 Å². The number of benzene rings is 1. The molecule has 0 bridgehead atoms. The molecule has 1 aromatic heterocycles. The minimum Gasteiger partial charge on any atom is -0.478 e. The molecule has 0 atom stereocenters. The van der Waals surface area contributed by atoms with Crippen molar-refractivity contribution in [2.75, 3.05) is 5.32 Å². The molecule has 0 fully saturated rings. The Hall–Kier alpha value is -2.94. The zero-order valence-electron chi connectivity index (χ0n) is 11.2. The third-order valence-corrected chi connectivity index (χ3v) is 3.70. The second-order valence-electron chi connectivity index (χ2n) is 4.33. The van der Waals surface area contributed by atoms with E-state index in [1.54, 1.807) is 6.92 Å². The molecule has 1 heterocycles. The average molecular weight is 322 g/mol. The quantitative estimate of drug-likeness (QED) is 0.671. The highest BCUT2D eigenvalue weighted by Crippen LogP contribution is 2.18. The maximum atomic E-state index is 12.1. The lowest BCUT2D eigenvalue weighted by Gasteiger charge is -2.07. The summed E-state index contributed by atoms with van der Waals surface area (Å²) in [7, 11) is 0. The summed E-state index contributed by atoms with van der Waals surface area (Å²) in [6.45, 7) is 1.54. The number of thiazole rings is 1. The fourth-order valence-electron chi connectivity index (χ4n) is 1.76. The lowest BCUT2D eigenvalue weighted by atomic mass is 10.1. The zero-order valence-corrected chi connectivity index (χ0v) is 12.0. The Labute approximate surface area is 127 Å². The number of carbonyl (C=O) groups is 3. The van der Waals surface area contributed by atoms with Crippen LogP contribution >= 0.6 is 11.3 Å². The molecule has 1 aromatic carbocycles. The lowest BCUT2D eigenvalue weighted by Crippen LogP contribution is -2.13. The van der Waals surface area contributed by atoms with Crippen molar-refractivity contribution < 1.29 is 24.6 Å². The molecule has 0 unspecified atom stereocenters. The van der Waals surface area contributed by atoms with E-state index in [0.717, 1.165) is 18.2 Å². The SMILES string of the molecule is Cc1[nH]c(=O)sc1C(=O)Nc1cc(C(=O)O)cc(C(=O)O)c1. The van der Waals surface area contributed by atoms with Crippen LogP contribution in [0.4, 0.5) is 5.69 Å². The molecule has 4 N–H and O–H groups in total. The molecule has 0 spiro atoms. The molecule has 0 saturated heterocycles. The van der Waals surface area contributed by atoms with Gasteiger partial charge in [0.25, 0.3) is 5.91 Å². The Kier molecular flexibility index (Phi) is 4.08. The number of carboxylic acids is 2. The largest absolute Gasteiger partial charge is 0.478 e. The molecule has 8 nitrogen and oxygen atoms in total. The van der Waals surface area contributed by atoms with E-state index in [1.807, 2.05) is 0 Å². The van der Waals surface area contributed by atoms with Gasteiger partial charge in [-0.15, -0.1) is 0 Å². The van der Waals surface area contributed by atoms with E-state index in [-0.39, 0.29) is 21.7 Å². The van der Waals surface area contributed by atoms with Gasteiger partial charge in [0.2, 0.25) is 0 Å². The highest BCUT2D eigenvalue weighted by molar-refractivity contribution is 7.11. The van der Waals surface area contributed by atoms with Crippen molar-refractivity contribution in [1.82, 2.24) is 4.98 Å². The van der Waals surface area contributed by atoms with Crippen LogP contribution in [0.15, 0.2) is 23.0 Å². The van der Waals surface area contributed by atoms with Gasteiger partial charge in [0, 0.05) is 11.4 Å². The molecule has 2 rings (SSSR count). The van der Waals surface area contributed by atoms with Crippen LogP contribution in [-0.4, -0.2) is 33.0 Å². The number of H-pyrrole nitrogens is 1. The van der Waals surface area contributed by atoms with Crippen LogP contribution in [0.25, 0.3) is 0 Å². The highest BCUT2D eigenvalue weighted by atomic mass is 32.1. The first-order chi connectivity index (χ1) is 10.3. The van der Waals surface area contributed by atoms with Crippen LogP contribution in [0.3, 0.4) is 0 Å². The van der Waals surface area contributed by atoms with Crippen LogP contribution in [0.5, 0.6) is 0 Å². The summed E-state index contributed by atoms with van der Waals surface area (Å²) in [5.74, 6) is -3.26. The number of aromatic nitrogens is 1. The smallest absolute Gasteiger partial charge is 0.335 e. The van der Waals surface area contributed by atoms with Crippen molar-refractivity contribution in [3.8, 4) is 0 Å². The first kappa shape index (κ1) is 15.4. The van der Waals surface area contributed by atoms with Crippen LogP contribution < -0.4 is 10.2 Å². The fourth-order valence-corrected chi connectivity index (χ4v) is 2.49. The predicted octanol–water partition coefficient (Wildman–Crippen LogP) is 1.39. The van der Waals surface area contributed by atoms with Crippen molar-refractivity contribution in [2.24, 2.45) is 0 Å². The molecule has 22 heavy (non-hydrogen) atoms. The highest BCUT2D eigenvalue weighted by Gasteiger charge is 2.16. The molecule has 2 aromatic rings. The summed E-state index contributed by atoms with van der Waals surface area (Å²) in [5, 5.41) is 20.3. The van der Waals surface area contributed by atoms with Gasteiger partial charge in [-0.05, 0) is 25.1 Å². The third kappa shape index (κ3) is 3.20. The van der Waals surface area contributed by atoms with Gasteiger partial charge in [0.05, 0.1) is 11.1 Å². The number of anilines is 1.